The number of carbonyl (C=O) groups excluding carboxylic acids is 1. The van der Waals surface area contributed by atoms with Crippen molar-refractivity contribution in [3.8, 4) is 0 Å². The van der Waals surface area contributed by atoms with Crippen LogP contribution in [0.25, 0.3) is 0 Å². The Morgan fingerprint density at radius 1 is 0.852 bits per heavy atom. The summed E-state index contributed by atoms with van der Waals surface area (Å²) in [5.74, 6) is 0.771. The van der Waals surface area contributed by atoms with E-state index in [4.69, 9.17) is 0 Å². The van der Waals surface area contributed by atoms with Gasteiger partial charge in [0.05, 0.1) is 0 Å². The van der Waals surface area contributed by atoms with Gasteiger partial charge in [0.1, 0.15) is 6.29 Å². The highest BCUT2D eigenvalue weighted by Crippen LogP contribution is 2.34. The number of nitrogens with zero attached hydrogens (tertiary/aromatic N) is 2. The maximum Gasteiger partial charge on any atom is 0.150 e. The van der Waals surface area contributed by atoms with Crippen LogP contribution in [-0.4, -0.2) is 37.4 Å². The van der Waals surface area contributed by atoms with E-state index in [9.17, 15) is 4.79 Å². The number of aldehydes is 1. The van der Waals surface area contributed by atoms with E-state index in [1.165, 1.54) is 43.4 Å². The lowest BCUT2D eigenvalue weighted by Crippen LogP contribution is -2.46. The smallest absolute Gasteiger partial charge is 0.150 e. The van der Waals surface area contributed by atoms with Crippen LogP contribution >= 0.6 is 0 Å². The van der Waals surface area contributed by atoms with Crippen LogP contribution in [0.5, 0.6) is 0 Å². The Morgan fingerprint density at radius 3 is 2.26 bits per heavy atom. The lowest BCUT2D eigenvalue weighted by Gasteiger charge is -2.37. The Hall–Kier alpha value is -2.13. The maximum absolute atomic E-state index is 10.8. The number of piperazine rings is 1. The van der Waals surface area contributed by atoms with Gasteiger partial charge in [-0.2, -0.15) is 0 Å². The van der Waals surface area contributed by atoms with E-state index in [2.05, 4.69) is 46.2 Å². The van der Waals surface area contributed by atoms with Gasteiger partial charge >= 0.3 is 0 Å². The summed E-state index contributed by atoms with van der Waals surface area (Å²) in [6.45, 7) is 5.35. The van der Waals surface area contributed by atoms with Crippen molar-refractivity contribution >= 4 is 12.0 Å². The number of hydrogen-bond donors (Lipinski definition) is 0. The quantitative estimate of drug-likeness (QED) is 0.709. The summed E-state index contributed by atoms with van der Waals surface area (Å²) in [7, 11) is 0. The van der Waals surface area contributed by atoms with Crippen molar-refractivity contribution in [3.63, 3.8) is 0 Å². The Kier molecular flexibility index (Phi) is 5.88. The predicted octanol–water partition coefficient (Wildman–Crippen LogP) is 4.87. The minimum atomic E-state index is 0.747. The molecule has 0 unspecified atom stereocenters. The Balaban J connectivity index is 1.37. The van der Waals surface area contributed by atoms with Gasteiger partial charge in [0.15, 0.2) is 0 Å². The molecule has 1 saturated heterocycles. The zero-order valence-electron chi connectivity index (χ0n) is 16.1. The summed E-state index contributed by atoms with van der Waals surface area (Å²) in [4.78, 5) is 15.9. The van der Waals surface area contributed by atoms with E-state index in [0.717, 1.165) is 50.5 Å². The molecule has 2 aliphatic rings. The molecule has 27 heavy (non-hydrogen) atoms. The van der Waals surface area contributed by atoms with Crippen molar-refractivity contribution < 1.29 is 4.79 Å². The maximum atomic E-state index is 10.8. The highest BCUT2D eigenvalue weighted by Gasteiger charge is 2.21. The summed E-state index contributed by atoms with van der Waals surface area (Å²) < 4.78 is 0. The molecule has 4 rings (SSSR count). The molecule has 3 nitrogen and oxygen atoms in total. The molecule has 142 valence electrons. The third-order valence-electron chi connectivity index (χ3n) is 6.26. The van der Waals surface area contributed by atoms with Gasteiger partial charge in [0.25, 0.3) is 0 Å². The van der Waals surface area contributed by atoms with Crippen LogP contribution in [0.1, 0.15) is 59.5 Å². The molecule has 0 radical (unpaired) electrons. The first-order chi connectivity index (χ1) is 13.3. The van der Waals surface area contributed by atoms with Gasteiger partial charge in [0, 0.05) is 44.0 Å². The first kappa shape index (κ1) is 18.2. The first-order valence-corrected chi connectivity index (χ1v) is 10.4. The van der Waals surface area contributed by atoms with Gasteiger partial charge in [-0.05, 0) is 54.2 Å². The second-order valence-corrected chi connectivity index (χ2v) is 8.01. The van der Waals surface area contributed by atoms with Gasteiger partial charge in [-0.1, -0.05) is 43.5 Å². The van der Waals surface area contributed by atoms with Gasteiger partial charge in [-0.25, -0.2) is 0 Å². The fraction of sp³-hybridized carbons (Fsp3) is 0.458. The third kappa shape index (κ3) is 4.41. The van der Waals surface area contributed by atoms with Gasteiger partial charge in [0.2, 0.25) is 0 Å². The summed E-state index contributed by atoms with van der Waals surface area (Å²) in [6.07, 6.45) is 7.82. The number of benzene rings is 2. The summed E-state index contributed by atoms with van der Waals surface area (Å²) in [5, 5.41) is 0. The minimum absolute atomic E-state index is 0.747. The molecule has 3 heteroatoms. The van der Waals surface area contributed by atoms with Crippen LogP contribution < -0.4 is 4.90 Å². The SMILES string of the molecule is O=Cc1ccc(N2CCN(Cc3ccccc3C3CCCCC3)CC2)cc1. The van der Waals surface area contributed by atoms with E-state index in [-0.39, 0.29) is 0 Å². The fourth-order valence-corrected chi connectivity index (χ4v) is 4.66. The number of rotatable bonds is 5. The second-order valence-electron chi connectivity index (χ2n) is 8.01. The molecular weight excluding hydrogens is 332 g/mol. The summed E-state index contributed by atoms with van der Waals surface area (Å²) >= 11 is 0. The molecular formula is C24H30N2O. The average Bonchev–Trinajstić information content (AvgIpc) is 2.75. The number of hydrogen-bond acceptors (Lipinski definition) is 3. The van der Waals surface area contributed by atoms with E-state index in [1.807, 2.05) is 12.1 Å². The molecule has 2 aromatic rings. The fourth-order valence-electron chi connectivity index (χ4n) is 4.66. The van der Waals surface area contributed by atoms with Crippen LogP contribution in [0.3, 0.4) is 0 Å². The van der Waals surface area contributed by atoms with Crippen LogP contribution in [0.2, 0.25) is 0 Å². The lowest BCUT2D eigenvalue weighted by molar-refractivity contribution is 0.112. The summed E-state index contributed by atoms with van der Waals surface area (Å²) in [5.41, 5.74) is 5.11. The molecule has 0 N–H and O–H groups in total. The van der Waals surface area contributed by atoms with Crippen molar-refractivity contribution in [1.82, 2.24) is 4.90 Å². The lowest BCUT2D eigenvalue weighted by atomic mass is 9.82. The highest BCUT2D eigenvalue weighted by molar-refractivity contribution is 5.75. The first-order valence-electron chi connectivity index (χ1n) is 10.4. The molecule has 1 heterocycles. The average molecular weight is 363 g/mol. The molecule has 1 aliphatic carbocycles. The molecule has 1 aliphatic heterocycles. The van der Waals surface area contributed by atoms with E-state index >= 15 is 0 Å². The predicted molar refractivity (Wildman–Crippen MR) is 112 cm³/mol. The topological polar surface area (TPSA) is 23.6 Å². The largest absolute Gasteiger partial charge is 0.369 e. The number of carbonyl (C=O) groups is 1. The molecule has 0 spiro atoms. The van der Waals surface area contributed by atoms with Crippen molar-refractivity contribution in [2.75, 3.05) is 31.1 Å². The normalized spacial score (nSPS) is 19.2. The van der Waals surface area contributed by atoms with Crippen LogP contribution in [-0.2, 0) is 6.54 Å². The monoisotopic (exact) mass is 362 g/mol. The molecule has 2 fully saturated rings. The van der Waals surface area contributed by atoms with Crippen molar-refractivity contribution in [3.05, 3.63) is 65.2 Å². The molecule has 1 saturated carbocycles. The molecule has 0 bridgehead atoms. The van der Waals surface area contributed by atoms with Gasteiger partial charge in [-0.15, -0.1) is 0 Å². The number of anilines is 1. The van der Waals surface area contributed by atoms with Gasteiger partial charge < -0.3 is 4.90 Å². The Morgan fingerprint density at radius 2 is 1.56 bits per heavy atom. The zero-order chi connectivity index (χ0) is 18.5. The molecule has 2 aromatic carbocycles. The molecule has 0 atom stereocenters. The van der Waals surface area contributed by atoms with Crippen LogP contribution in [0.4, 0.5) is 5.69 Å². The van der Waals surface area contributed by atoms with E-state index < -0.39 is 0 Å². The zero-order valence-corrected chi connectivity index (χ0v) is 16.1. The van der Waals surface area contributed by atoms with Crippen molar-refractivity contribution in [2.45, 2.75) is 44.6 Å². The highest BCUT2D eigenvalue weighted by atomic mass is 16.1. The van der Waals surface area contributed by atoms with Crippen molar-refractivity contribution in [2.24, 2.45) is 0 Å². The molecule has 0 aromatic heterocycles. The third-order valence-corrected chi connectivity index (χ3v) is 6.26. The van der Waals surface area contributed by atoms with E-state index in [1.54, 1.807) is 5.56 Å². The summed E-state index contributed by atoms with van der Waals surface area (Å²) in [6, 6.07) is 17.1. The Bertz CT molecular complexity index is 741. The van der Waals surface area contributed by atoms with Crippen LogP contribution in [0.15, 0.2) is 48.5 Å². The van der Waals surface area contributed by atoms with E-state index in [0.29, 0.717) is 0 Å². The van der Waals surface area contributed by atoms with Gasteiger partial charge in [-0.3, -0.25) is 9.69 Å². The standard InChI is InChI=1S/C24H30N2O/c27-19-20-10-12-23(13-11-20)26-16-14-25(15-17-26)18-22-8-4-5-9-24(22)21-6-2-1-3-7-21/h4-5,8-13,19,21H,1-3,6-7,14-18H2. The Labute approximate surface area is 163 Å². The molecule has 0 amide bonds. The second kappa shape index (κ2) is 8.71. The minimum Gasteiger partial charge on any atom is -0.369 e. The van der Waals surface area contributed by atoms with Crippen molar-refractivity contribution in [1.29, 1.82) is 0 Å². The van der Waals surface area contributed by atoms with Crippen LogP contribution in [0, 0.1) is 0 Å².